The van der Waals surface area contributed by atoms with E-state index >= 15 is 0 Å². The average Bonchev–Trinajstić information content (AvgIpc) is 3.13. The van der Waals surface area contributed by atoms with Crippen molar-refractivity contribution >= 4 is 5.91 Å². The highest BCUT2D eigenvalue weighted by Gasteiger charge is 2.28. The van der Waals surface area contributed by atoms with Crippen molar-refractivity contribution in [2.24, 2.45) is 0 Å². The van der Waals surface area contributed by atoms with E-state index in [1.54, 1.807) is 0 Å². The lowest BCUT2D eigenvalue weighted by Crippen LogP contribution is -2.53. The van der Waals surface area contributed by atoms with Crippen LogP contribution >= 0.6 is 0 Å². The van der Waals surface area contributed by atoms with Crippen LogP contribution in [0.25, 0.3) is 0 Å². The number of unbranched alkanes of at least 4 members (excludes halogenated alkanes) is 24. The largest absolute Gasteiger partial charge is 0.394 e. The van der Waals surface area contributed by atoms with Crippen molar-refractivity contribution < 1.29 is 25.2 Å². The van der Waals surface area contributed by atoms with Gasteiger partial charge in [-0.3, -0.25) is 4.79 Å². The Labute approximate surface area is 316 Å². The van der Waals surface area contributed by atoms with Crippen molar-refractivity contribution in [3.8, 4) is 0 Å². The first-order valence-corrected chi connectivity index (χ1v) is 21.9. The summed E-state index contributed by atoms with van der Waals surface area (Å²) < 4.78 is 0. The fourth-order valence-corrected chi connectivity index (χ4v) is 6.55. The molecule has 300 valence electrons. The van der Waals surface area contributed by atoms with E-state index in [2.05, 4.69) is 55.6 Å². The number of aliphatic hydroxyl groups is 4. The van der Waals surface area contributed by atoms with Crippen LogP contribution in [0.15, 0.2) is 36.5 Å². The van der Waals surface area contributed by atoms with E-state index in [-0.39, 0.29) is 0 Å². The molecule has 0 aromatic rings. The first-order valence-electron chi connectivity index (χ1n) is 21.9. The van der Waals surface area contributed by atoms with Gasteiger partial charge in [-0.1, -0.05) is 185 Å². The van der Waals surface area contributed by atoms with Crippen LogP contribution in [0.1, 0.15) is 213 Å². The summed E-state index contributed by atoms with van der Waals surface area (Å²) in [5.74, 6) is -0.599. The van der Waals surface area contributed by atoms with Crippen LogP contribution in [0.3, 0.4) is 0 Å². The maximum Gasteiger partial charge on any atom is 0.249 e. The summed E-state index contributed by atoms with van der Waals surface area (Å²) in [4.78, 5) is 12.5. The van der Waals surface area contributed by atoms with E-state index in [0.29, 0.717) is 19.3 Å². The number of carbonyl (C=O) groups is 1. The summed E-state index contributed by atoms with van der Waals surface area (Å²) >= 11 is 0. The summed E-state index contributed by atoms with van der Waals surface area (Å²) in [5, 5.41) is 43.6. The molecule has 0 heterocycles. The molecule has 1 amide bonds. The van der Waals surface area contributed by atoms with Gasteiger partial charge in [0, 0.05) is 0 Å². The van der Waals surface area contributed by atoms with Crippen LogP contribution < -0.4 is 5.32 Å². The van der Waals surface area contributed by atoms with Gasteiger partial charge in [-0.2, -0.15) is 0 Å². The van der Waals surface area contributed by atoms with Crippen molar-refractivity contribution in [3.05, 3.63) is 36.5 Å². The molecule has 6 heteroatoms. The number of nitrogens with one attached hydrogen (secondary N) is 1. The first kappa shape index (κ1) is 49.5. The standard InChI is InChI=1S/C45H85NO5/c1-3-5-7-9-11-13-15-17-19-21-22-23-25-26-28-30-32-34-36-38-42(48)44(50)41(40-47)46-45(51)43(49)39-37-35-33-31-29-27-24-20-18-16-14-12-10-8-6-4-2/h17,19,23,25,30,32,41-44,47-50H,3-16,18,20-22,24,26-29,31,33-40H2,1-2H3,(H,46,51)/b19-17+,25-23+,32-30+. The molecular weight excluding hydrogens is 634 g/mol. The summed E-state index contributed by atoms with van der Waals surface area (Å²) in [6, 6.07) is -1.01. The number of allylic oxidation sites excluding steroid dienone is 6. The molecule has 0 fully saturated rings. The monoisotopic (exact) mass is 720 g/mol. The Bertz CT molecular complexity index is 812. The highest BCUT2D eigenvalue weighted by atomic mass is 16.3. The molecule has 0 saturated heterocycles. The number of rotatable bonds is 39. The van der Waals surface area contributed by atoms with Gasteiger partial charge in [-0.05, 0) is 64.2 Å². The van der Waals surface area contributed by atoms with Crippen LogP contribution in [0.4, 0.5) is 0 Å². The van der Waals surface area contributed by atoms with Crippen molar-refractivity contribution in [3.63, 3.8) is 0 Å². The minimum atomic E-state index is -1.29. The number of aliphatic hydroxyl groups excluding tert-OH is 4. The molecule has 0 aliphatic heterocycles. The highest BCUT2D eigenvalue weighted by Crippen LogP contribution is 2.15. The topological polar surface area (TPSA) is 110 Å². The second kappa shape index (κ2) is 39.7. The predicted octanol–water partition coefficient (Wildman–Crippen LogP) is 11.3. The van der Waals surface area contributed by atoms with Gasteiger partial charge in [0.1, 0.15) is 12.2 Å². The molecule has 4 atom stereocenters. The zero-order chi connectivity index (χ0) is 37.5. The molecule has 51 heavy (non-hydrogen) atoms. The van der Waals surface area contributed by atoms with E-state index < -0.39 is 36.9 Å². The van der Waals surface area contributed by atoms with Gasteiger partial charge in [-0.25, -0.2) is 0 Å². The summed E-state index contributed by atoms with van der Waals surface area (Å²) in [6.07, 6.45) is 46.0. The number of carbonyl (C=O) groups excluding carboxylic acids is 1. The van der Waals surface area contributed by atoms with E-state index in [1.807, 2.05) is 0 Å². The van der Waals surface area contributed by atoms with Gasteiger partial charge in [0.25, 0.3) is 0 Å². The molecular formula is C45H85NO5. The lowest BCUT2D eigenvalue weighted by Gasteiger charge is -2.27. The van der Waals surface area contributed by atoms with E-state index in [0.717, 1.165) is 51.4 Å². The number of hydrogen-bond acceptors (Lipinski definition) is 5. The highest BCUT2D eigenvalue weighted by molar-refractivity contribution is 5.80. The molecule has 0 spiro atoms. The lowest BCUT2D eigenvalue weighted by molar-refractivity contribution is -0.132. The van der Waals surface area contributed by atoms with Crippen molar-refractivity contribution in [1.29, 1.82) is 0 Å². The summed E-state index contributed by atoms with van der Waals surface area (Å²) in [5.41, 5.74) is 0. The number of hydrogen-bond donors (Lipinski definition) is 5. The first-order chi connectivity index (χ1) is 25.0. The third-order valence-corrected chi connectivity index (χ3v) is 10.1. The van der Waals surface area contributed by atoms with Gasteiger partial charge in [-0.15, -0.1) is 0 Å². The second-order valence-electron chi connectivity index (χ2n) is 15.0. The molecule has 0 radical (unpaired) electrons. The minimum absolute atomic E-state index is 0.361. The molecule has 4 unspecified atom stereocenters. The SMILES string of the molecule is CCCCCCCC/C=C/CC/C=C/CC/C=C/CCCC(O)C(O)C(CO)NC(=O)C(O)CCCCCCCCCCCCCCCCCC. The Balaban J connectivity index is 3.83. The molecule has 5 N–H and O–H groups in total. The normalized spacial score (nSPS) is 14.5. The molecule has 0 aromatic carbocycles. The van der Waals surface area contributed by atoms with Gasteiger partial charge in [0.05, 0.1) is 18.8 Å². The van der Waals surface area contributed by atoms with E-state index in [1.165, 1.54) is 128 Å². The molecule has 0 aromatic heterocycles. The van der Waals surface area contributed by atoms with Crippen LogP contribution in [-0.4, -0.2) is 57.3 Å². The smallest absolute Gasteiger partial charge is 0.249 e. The van der Waals surface area contributed by atoms with E-state index in [9.17, 15) is 25.2 Å². The van der Waals surface area contributed by atoms with Gasteiger partial charge in [0.15, 0.2) is 0 Å². The summed E-state index contributed by atoms with van der Waals surface area (Å²) in [7, 11) is 0. The molecule has 0 saturated carbocycles. The Morgan fingerprint density at radius 3 is 1.24 bits per heavy atom. The quantitative estimate of drug-likeness (QED) is 0.0321. The maximum atomic E-state index is 12.5. The molecule has 0 aliphatic carbocycles. The van der Waals surface area contributed by atoms with Crippen molar-refractivity contribution in [1.82, 2.24) is 5.32 Å². The van der Waals surface area contributed by atoms with Gasteiger partial charge >= 0.3 is 0 Å². The Kier molecular flexibility index (Phi) is 38.6. The fourth-order valence-electron chi connectivity index (χ4n) is 6.55. The van der Waals surface area contributed by atoms with Crippen LogP contribution in [0, 0.1) is 0 Å². The Morgan fingerprint density at radius 1 is 0.471 bits per heavy atom. The molecule has 0 bridgehead atoms. The van der Waals surface area contributed by atoms with Crippen LogP contribution in [0.5, 0.6) is 0 Å². The maximum absolute atomic E-state index is 12.5. The van der Waals surface area contributed by atoms with Gasteiger partial charge in [0.2, 0.25) is 5.91 Å². The third kappa shape index (κ3) is 34.1. The Hall–Kier alpha value is -1.47. The third-order valence-electron chi connectivity index (χ3n) is 10.1. The minimum Gasteiger partial charge on any atom is -0.394 e. The average molecular weight is 720 g/mol. The molecule has 0 aliphatic rings. The molecule has 0 rings (SSSR count). The zero-order valence-electron chi connectivity index (χ0n) is 33.6. The van der Waals surface area contributed by atoms with Crippen LogP contribution in [-0.2, 0) is 4.79 Å². The van der Waals surface area contributed by atoms with Gasteiger partial charge < -0.3 is 25.7 Å². The van der Waals surface area contributed by atoms with Crippen LogP contribution in [0.2, 0.25) is 0 Å². The summed E-state index contributed by atoms with van der Waals surface area (Å²) in [6.45, 7) is 4.02. The lowest BCUT2D eigenvalue weighted by atomic mass is 10.00. The Morgan fingerprint density at radius 2 is 0.824 bits per heavy atom. The zero-order valence-corrected chi connectivity index (χ0v) is 33.6. The molecule has 6 nitrogen and oxygen atoms in total. The predicted molar refractivity (Wildman–Crippen MR) is 219 cm³/mol. The van der Waals surface area contributed by atoms with Crippen molar-refractivity contribution in [2.45, 2.75) is 237 Å². The fraction of sp³-hybridized carbons (Fsp3) is 0.844. The van der Waals surface area contributed by atoms with Crippen molar-refractivity contribution in [2.75, 3.05) is 6.61 Å². The number of amides is 1. The second-order valence-corrected chi connectivity index (χ2v) is 15.0. The van der Waals surface area contributed by atoms with E-state index in [4.69, 9.17) is 0 Å².